The molecule has 18 heavy (non-hydrogen) atoms. The Morgan fingerprint density at radius 2 is 1.72 bits per heavy atom. The molecule has 0 spiro atoms. The smallest absolute Gasteiger partial charge is 0.182 e. The van der Waals surface area contributed by atoms with Gasteiger partial charge in [0.05, 0.1) is 10.6 Å². The minimum Gasteiger partial charge on any atom is -0.399 e. The van der Waals surface area contributed by atoms with E-state index in [0.29, 0.717) is 16.3 Å². The van der Waals surface area contributed by atoms with Crippen molar-refractivity contribution >= 4 is 27.1 Å². The number of nitrogen functional groups attached to an aromatic ring is 1. The largest absolute Gasteiger partial charge is 0.399 e. The highest BCUT2D eigenvalue weighted by atomic mass is 35.5. The Labute approximate surface area is 111 Å². The van der Waals surface area contributed by atoms with Crippen LogP contribution in [0.15, 0.2) is 53.4 Å². The van der Waals surface area contributed by atoms with Gasteiger partial charge in [0, 0.05) is 10.7 Å². The first-order valence-electron chi connectivity index (χ1n) is 5.31. The maximum Gasteiger partial charge on any atom is 0.182 e. The molecule has 0 fully saturated rings. The third-order valence-corrected chi connectivity index (χ3v) is 4.56. The molecule has 2 rings (SSSR count). The van der Waals surface area contributed by atoms with Crippen molar-refractivity contribution in [3.8, 4) is 0 Å². The van der Waals surface area contributed by atoms with Gasteiger partial charge in [-0.15, -0.1) is 0 Å². The van der Waals surface area contributed by atoms with Gasteiger partial charge in [-0.2, -0.15) is 0 Å². The van der Waals surface area contributed by atoms with Crippen molar-refractivity contribution in [1.29, 1.82) is 0 Å². The number of hydrogen-bond acceptors (Lipinski definition) is 3. The van der Waals surface area contributed by atoms with E-state index in [-0.39, 0.29) is 10.6 Å². The Hall–Kier alpha value is -1.52. The maximum absolute atomic E-state index is 12.1. The summed E-state index contributed by atoms with van der Waals surface area (Å²) in [5.41, 5.74) is 6.63. The molecule has 0 saturated carbocycles. The summed E-state index contributed by atoms with van der Waals surface area (Å²) >= 11 is 5.98. The van der Waals surface area contributed by atoms with Crippen LogP contribution in [0.5, 0.6) is 0 Å². The quantitative estimate of drug-likeness (QED) is 0.880. The second-order valence-corrected chi connectivity index (χ2v) is 6.32. The molecule has 2 N–H and O–H groups in total. The highest BCUT2D eigenvalue weighted by molar-refractivity contribution is 7.90. The lowest BCUT2D eigenvalue weighted by atomic mass is 10.2. The van der Waals surface area contributed by atoms with Crippen LogP contribution in [0.2, 0.25) is 5.02 Å². The average molecular weight is 282 g/mol. The van der Waals surface area contributed by atoms with Gasteiger partial charge in [-0.1, -0.05) is 35.9 Å². The summed E-state index contributed by atoms with van der Waals surface area (Å²) in [7, 11) is -3.37. The van der Waals surface area contributed by atoms with Crippen molar-refractivity contribution in [3.63, 3.8) is 0 Å². The first-order chi connectivity index (χ1) is 8.49. The van der Waals surface area contributed by atoms with E-state index in [2.05, 4.69) is 0 Å². The van der Waals surface area contributed by atoms with E-state index in [1.807, 2.05) is 0 Å². The fourth-order valence-electron chi connectivity index (χ4n) is 1.60. The number of anilines is 1. The normalized spacial score (nSPS) is 11.4. The average Bonchev–Trinajstić information content (AvgIpc) is 2.34. The highest BCUT2D eigenvalue weighted by Gasteiger charge is 2.16. The second kappa shape index (κ2) is 5.00. The number of sulfone groups is 1. The van der Waals surface area contributed by atoms with Crippen LogP contribution in [0.25, 0.3) is 0 Å². The number of rotatable bonds is 3. The molecule has 3 nitrogen and oxygen atoms in total. The minimum atomic E-state index is -3.37. The van der Waals surface area contributed by atoms with Gasteiger partial charge in [0.1, 0.15) is 0 Å². The Bertz CT molecular complexity index is 654. The maximum atomic E-state index is 12.1. The van der Waals surface area contributed by atoms with Crippen LogP contribution in [-0.4, -0.2) is 8.42 Å². The standard InChI is InChI=1S/C13H12ClNO2S/c14-13-8-11(15)7-6-10(13)9-18(16,17)12-4-2-1-3-5-12/h1-8H,9,15H2. The second-order valence-electron chi connectivity index (χ2n) is 3.92. The van der Waals surface area contributed by atoms with Crippen molar-refractivity contribution in [2.24, 2.45) is 0 Å². The number of nitrogens with two attached hydrogens (primary N) is 1. The van der Waals surface area contributed by atoms with Gasteiger partial charge >= 0.3 is 0 Å². The molecule has 2 aromatic carbocycles. The first-order valence-corrected chi connectivity index (χ1v) is 7.34. The molecule has 2 aromatic rings. The number of benzene rings is 2. The van der Waals surface area contributed by atoms with Gasteiger partial charge in [-0.3, -0.25) is 0 Å². The molecule has 94 valence electrons. The zero-order chi connectivity index (χ0) is 13.2. The SMILES string of the molecule is Nc1ccc(CS(=O)(=O)c2ccccc2)c(Cl)c1. The van der Waals surface area contributed by atoms with E-state index in [1.54, 1.807) is 48.5 Å². The molecular formula is C13H12ClNO2S. The minimum absolute atomic E-state index is 0.129. The topological polar surface area (TPSA) is 60.2 Å². The zero-order valence-electron chi connectivity index (χ0n) is 9.51. The third kappa shape index (κ3) is 2.83. The Kier molecular flexibility index (Phi) is 3.59. The third-order valence-electron chi connectivity index (χ3n) is 2.52. The van der Waals surface area contributed by atoms with Crippen molar-refractivity contribution in [1.82, 2.24) is 0 Å². The summed E-state index contributed by atoms with van der Waals surface area (Å²) in [6.45, 7) is 0. The van der Waals surface area contributed by atoms with Crippen LogP contribution in [0.3, 0.4) is 0 Å². The van der Waals surface area contributed by atoms with Gasteiger partial charge in [0.2, 0.25) is 0 Å². The predicted molar refractivity (Wildman–Crippen MR) is 73.2 cm³/mol. The molecule has 0 aliphatic carbocycles. The zero-order valence-corrected chi connectivity index (χ0v) is 11.1. The molecule has 0 radical (unpaired) electrons. The summed E-state index contributed by atoms with van der Waals surface area (Å²) < 4.78 is 24.3. The fraction of sp³-hybridized carbons (Fsp3) is 0.0769. The molecule has 0 amide bonds. The Morgan fingerprint density at radius 3 is 2.33 bits per heavy atom. The van der Waals surface area contributed by atoms with E-state index in [1.165, 1.54) is 0 Å². The van der Waals surface area contributed by atoms with E-state index in [9.17, 15) is 8.42 Å². The van der Waals surface area contributed by atoms with Crippen molar-refractivity contribution in [2.45, 2.75) is 10.6 Å². The van der Waals surface area contributed by atoms with Gasteiger partial charge < -0.3 is 5.73 Å². The first kappa shape index (κ1) is 12.9. The lowest BCUT2D eigenvalue weighted by molar-refractivity contribution is 0.595. The molecule has 0 atom stereocenters. The van der Waals surface area contributed by atoms with Gasteiger partial charge in [0.15, 0.2) is 9.84 Å². The van der Waals surface area contributed by atoms with Crippen molar-refractivity contribution in [3.05, 3.63) is 59.1 Å². The van der Waals surface area contributed by atoms with E-state index in [4.69, 9.17) is 17.3 Å². The van der Waals surface area contributed by atoms with Crippen LogP contribution in [0.4, 0.5) is 5.69 Å². The molecule has 0 unspecified atom stereocenters. The van der Waals surface area contributed by atoms with Crippen molar-refractivity contribution < 1.29 is 8.42 Å². The van der Waals surface area contributed by atoms with E-state index in [0.717, 1.165) is 0 Å². The van der Waals surface area contributed by atoms with Crippen molar-refractivity contribution in [2.75, 3.05) is 5.73 Å². The van der Waals surface area contributed by atoms with Gasteiger partial charge in [0.25, 0.3) is 0 Å². The summed E-state index contributed by atoms with van der Waals surface area (Å²) in [6.07, 6.45) is 0. The Balaban J connectivity index is 2.34. The summed E-state index contributed by atoms with van der Waals surface area (Å²) in [6, 6.07) is 13.1. The molecular weight excluding hydrogens is 270 g/mol. The van der Waals surface area contributed by atoms with Crippen LogP contribution in [0, 0.1) is 0 Å². The van der Waals surface area contributed by atoms with Crippen LogP contribution < -0.4 is 5.73 Å². The molecule has 0 saturated heterocycles. The van der Waals surface area contributed by atoms with Crippen LogP contribution in [-0.2, 0) is 15.6 Å². The molecule has 0 aromatic heterocycles. The molecule has 0 aliphatic heterocycles. The number of hydrogen-bond donors (Lipinski definition) is 1. The van der Waals surface area contributed by atoms with Crippen LogP contribution in [0.1, 0.15) is 5.56 Å². The van der Waals surface area contributed by atoms with E-state index < -0.39 is 9.84 Å². The lowest BCUT2D eigenvalue weighted by Crippen LogP contribution is -2.05. The molecule has 5 heteroatoms. The summed E-state index contributed by atoms with van der Waals surface area (Å²) in [4.78, 5) is 0.290. The lowest BCUT2D eigenvalue weighted by Gasteiger charge is -2.07. The van der Waals surface area contributed by atoms with E-state index >= 15 is 0 Å². The highest BCUT2D eigenvalue weighted by Crippen LogP contribution is 2.24. The number of halogens is 1. The monoisotopic (exact) mass is 281 g/mol. The summed E-state index contributed by atoms with van der Waals surface area (Å²) in [5.74, 6) is -0.129. The van der Waals surface area contributed by atoms with Crippen LogP contribution >= 0.6 is 11.6 Å². The fourth-order valence-corrected chi connectivity index (χ4v) is 3.33. The molecule has 0 bridgehead atoms. The molecule has 0 aliphatic rings. The molecule has 0 heterocycles. The Morgan fingerprint density at radius 1 is 1.06 bits per heavy atom. The van der Waals surface area contributed by atoms with Gasteiger partial charge in [-0.05, 0) is 29.8 Å². The predicted octanol–water partition coefficient (Wildman–Crippen LogP) is 2.90. The van der Waals surface area contributed by atoms with Gasteiger partial charge in [-0.25, -0.2) is 8.42 Å². The summed E-state index contributed by atoms with van der Waals surface area (Å²) in [5, 5.41) is 0.370.